The first-order valence-corrected chi connectivity index (χ1v) is 8.81. The molecule has 21 heavy (non-hydrogen) atoms. The zero-order valence-corrected chi connectivity index (χ0v) is 13.4. The summed E-state index contributed by atoms with van der Waals surface area (Å²) in [6.45, 7) is 6.03. The molecule has 120 valence electrons. The Morgan fingerprint density at radius 2 is 1.90 bits per heavy atom. The van der Waals surface area contributed by atoms with Gasteiger partial charge in [0.25, 0.3) is 0 Å². The summed E-state index contributed by atoms with van der Waals surface area (Å²) in [5.41, 5.74) is 0.428. The first kappa shape index (κ1) is 15.3. The van der Waals surface area contributed by atoms with Gasteiger partial charge in [-0.25, -0.2) is 0 Å². The molecule has 1 aliphatic carbocycles. The summed E-state index contributed by atoms with van der Waals surface area (Å²) in [6.07, 6.45) is 9.77. The van der Waals surface area contributed by atoms with Crippen LogP contribution in [0.4, 0.5) is 0 Å². The number of nitrogens with zero attached hydrogens (tertiary/aromatic N) is 1. The van der Waals surface area contributed by atoms with Gasteiger partial charge < -0.3 is 10.1 Å². The highest BCUT2D eigenvalue weighted by Crippen LogP contribution is 2.40. The molecular weight excluding hydrogens is 264 g/mol. The van der Waals surface area contributed by atoms with Crippen molar-refractivity contribution in [2.45, 2.75) is 70.4 Å². The summed E-state index contributed by atoms with van der Waals surface area (Å²) in [5.74, 6) is 0.242. The van der Waals surface area contributed by atoms with E-state index < -0.39 is 0 Å². The Kier molecular flexibility index (Phi) is 4.85. The minimum atomic E-state index is 0.0224. The maximum Gasteiger partial charge on any atom is 0.237 e. The van der Waals surface area contributed by atoms with Crippen LogP contribution in [-0.4, -0.2) is 49.2 Å². The molecule has 3 aliphatic rings. The molecule has 0 bridgehead atoms. The fraction of sp³-hybridized carbons (Fsp3) is 0.941. The van der Waals surface area contributed by atoms with E-state index in [1.165, 1.54) is 51.4 Å². The van der Waals surface area contributed by atoms with E-state index in [-0.39, 0.29) is 11.9 Å². The zero-order valence-electron chi connectivity index (χ0n) is 13.4. The number of hydrogen-bond acceptors (Lipinski definition) is 3. The van der Waals surface area contributed by atoms with Crippen molar-refractivity contribution in [2.24, 2.45) is 5.41 Å². The molecule has 0 aromatic carbocycles. The highest BCUT2D eigenvalue weighted by molar-refractivity contribution is 5.81. The molecule has 0 aromatic rings. The predicted octanol–water partition coefficient (Wildman–Crippen LogP) is 2.33. The molecule has 2 heterocycles. The molecule has 3 rings (SSSR count). The maximum atomic E-state index is 12.5. The van der Waals surface area contributed by atoms with Crippen LogP contribution < -0.4 is 5.32 Å². The van der Waals surface area contributed by atoms with Crippen LogP contribution in [0.25, 0.3) is 0 Å². The van der Waals surface area contributed by atoms with Crippen molar-refractivity contribution in [3.8, 4) is 0 Å². The Bertz CT molecular complexity index is 360. The van der Waals surface area contributed by atoms with Gasteiger partial charge in [0, 0.05) is 25.8 Å². The van der Waals surface area contributed by atoms with Crippen molar-refractivity contribution in [1.29, 1.82) is 0 Å². The fourth-order valence-electron chi connectivity index (χ4n) is 4.25. The SMILES string of the molecule is C[C@H](C(=O)NC1CCCCC1)N1CCC2(CCOCC2)C1. The topological polar surface area (TPSA) is 41.6 Å². The van der Waals surface area contributed by atoms with Crippen LogP contribution in [-0.2, 0) is 9.53 Å². The minimum absolute atomic E-state index is 0.0224. The van der Waals surface area contributed by atoms with E-state index >= 15 is 0 Å². The number of nitrogens with one attached hydrogen (secondary N) is 1. The number of rotatable bonds is 3. The van der Waals surface area contributed by atoms with E-state index in [2.05, 4.69) is 17.1 Å². The smallest absolute Gasteiger partial charge is 0.237 e. The number of ether oxygens (including phenoxy) is 1. The molecule has 0 radical (unpaired) electrons. The molecule has 1 spiro atoms. The van der Waals surface area contributed by atoms with Crippen molar-refractivity contribution < 1.29 is 9.53 Å². The Morgan fingerprint density at radius 1 is 1.19 bits per heavy atom. The number of likely N-dealkylation sites (tertiary alicyclic amines) is 1. The highest BCUT2D eigenvalue weighted by Gasteiger charge is 2.41. The molecule has 1 atom stereocenters. The third kappa shape index (κ3) is 3.59. The van der Waals surface area contributed by atoms with E-state index in [9.17, 15) is 4.79 Å². The fourth-order valence-corrected chi connectivity index (χ4v) is 4.25. The largest absolute Gasteiger partial charge is 0.381 e. The van der Waals surface area contributed by atoms with Crippen molar-refractivity contribution >= 4 is 5.91 Å². The van der Waals surface area contributed by atoms with Crippen molar-refractivity contribution in [1.82, 2.24) is 10.2 Å². The van der Waals surface area contributed by atoms with Gasteiger partial charge >= 0.3 is 0 Å². The quantitative estimate of drug-likeness (QED) is 0.868. The van der Waals surface area contributed by atoms with Crippen molar-refractivity contribution in [3.05, 3.63) is 0 Å². The van der Waals surface area contributed by atoms with Gasteiger partial charge in [-0.3, -0.25) is 9.69 Å². The molecule has 0 unspecified atom stereocenters. The minimum Gasteiger partial charge on any atom is -0.381 e. The first-order chi connectivity index (χ1) is 10.2. The molecular formula is C17H30N2O2. The Labute approximate surface area is 128 Å². The lowest BCUT2D eigenvalue weighted by molar-refractivity contribution is -0.126. The standard InChI is InChI=1S/C17H30N2O2/c1-14(16(20)18-15-5-3-2-4-6-15)19-10-7-17(13-19)8-11-21-12-9-17/h14-15H,2-13H2,1H3,(H,18,20)/t14-/m1/s1. The molecule has 3 fully saturated rings. The lowest BCUT2D eigenvalue weighted by atomic mass is 9.80. The molecule has 4 nitrogen and oxygen atoms in total. The second-order valence-electron chi connectivity index (χ2n) is 7.35. The van der Waals surface area contributed by atoms with Gasteiger partial charge in [-0.1, -0.05) is 19.3 Å². The van der Waals surface area contributed by atoms with Gasteiger partial charge in [0.2, 0.25) is 5.91 Å². The van der Waals surface area contributed by atoms with Crippen LogP contribution in [0.2, 0.25) is 0 Å². The van der Waals surface area contributed by atoms with Crippen LogP contribution in [0.1, 0.15) is 58.3 Å². The summed E-state index contributed by atoms with van der Waals surface area (Å²) in [6, 6.07) is 0.447. The maximum absolute atomic E-state index is 12.5. The monoisotopic (exact) mass is 294 g/mol. The van der Waals surface area contributed by atoms with E-state index in [4.69, 9.17) is 4.74 Å². The predicted molar refractivity (Wildman–Crippen MR) is 83.2 cm³/mol. The molecule has 1 amide bonds. The third-order valence-electron chi connectivity index (χ3n) is 5.90. The summed E-state index contributed by atoms with van der Waals surface area (Å²) in [7, 11) is 0. The Hall–Kier alpha value is -0.610. The summed E-state index contributed by atoms with van der Waals surface area (Å²) >= 11 is 0. The lowest BCUT2D eigenvalue weighted by Gasteiger charge is -2.34. The van der Waals surface area contributed by atoms with E-state index in [1.807, 2.05) is 0 Å². The Morgan fingerprint density at radius 3 is 2.62 bits per heavy atom. The van der Waals surface area contributed by atoms with Crippen LogP contribution >= 0.6 is 0 Å². The summed E-state index contributed by atoms with van der Waals surface area (Å²) < 4.78 is 5.50. The Balaban J connectivity index is 1.50. The van der Waals surface area contributed by atoms with E-state index in [0.29, 0.717) is 11.5 Å². The second kappa shape index (κ2) is 6.66. The van der Waals surface area contributed by atoms with Crippen LogP contribution in [0.15, 0.2) is 0 Å². The average Bonchev–Trinajstić information content (AvgIpc) is 2.92. The normalized spacial score (nSPS) is 28.6. The second-order valence-corrected chi connectivity index (χ2v) is 7.35. The number of carbonyl (C=O) groups is 1. The van der Waals surface area contributed by atoms with Crippen molar-refractivity contribution in [2.75, 3.05) is 26.3 Å². The van der Waals surface area contributed by atoms with Gasteiger partial charge in [0.05, 0.1) is 6.04 Å². The van der Waals surface area contributed by atoms with Gasteiger partial charge in [-0.15, -0.1) is 0 Å². The molecule has 1 N–H and O–H groups in total. The summed E-state index contributed by atoms with van der Waals surface area (Å²) in [4.78, 5) is 14.9. The highest BCUT2D eigenvalue weighted by atomic mass is 16.5. The lowest BCUT2D eigenvalue weighted by Crippen LogP contribution is -2.48. The summed E-state index contributed by atoms with van der Waals surface area (Å²) in [5, 5.41) is 3.28. The molecule has 2 aliphatic heterocycles. The van der Waals surface area contributed by atoms with Crippen LogP contribution in [0, 0.1) is 5.41 Å². The third-order valence-corrected chi connectivity index (χ3v) is 5.90. The van der Waals surface area contributed by atoms with Gasteiger partial charge in [-0.05, 0) is 51.0 Å². The van der Waals surface area contributed by atoms with E-state index in [0.717, 1.165) is 26.3 Å². The van der Waals surface area contributed by atoms with E-state index in [1.54, 1.807) is 0 Å². The molecule has 0 aromatic heterocycles. The van der Waals surface area contributed by atoms with Crippen LogP contribution in [0.3, 0.4) is 0 Å². The number of amides is 1. The number of carbonyl (C=O) groups excluding carboxylic acids is 1. The van der Waals surface area contributed by atoms with Gasteiger partial charge in [-0.2, -0.15) is 0 Å². The number of hydrogen-bond donors (Lipinski definition) is 1. The zero-order chi connectivity index (χ0) is 14.7. The molecule has 4 heteroatoms. The molecule has 1 saturated carbocycles. The molecule has 2 saturated heterocycles. The average molecular weight is 294 g/mol. The van der Waals surface area contributed by atoms with Gasteiger partial charge in [0.15, 0.2) is 0 Å². The first-order valence-electron chi connectivity index (χ1n) is 8.81. The van der Waals surface area contributed by atoms with Crippen molar-refractivity contribution in [3.63, 3.8) is 0 Å². The van der Waals surface area contributed by atoms with Gasteiger partial charge in [0.1, 0.15) is 0 Å². The van der Waals surface area contributed by atoms with Crippen LogP contribution in [0.5, 0.6) is 0 Å².